The molecule has 0 spiro atoms. The molecule has 90 valence electrons. The second-order valence-electron chi connectivity index (χ2n) is 4.36. The third kappa shape index (κ3) is 3.94. The highest BCUT2D eigenvalue weighted by molar-refractivity contribution is 8.00. The molecule has 1 heterocycles. The summed E-state index contributed by atoms with van der Waals surface area (Å²) in [6.07, 6.45) is 6.65. The fraction of sp³-hybridized carbons (Fsp3) is 1.00. The smallest absolute Gasteiger partial charge is 0.0431 e. The van der Waals surface area contributed by atoms with E-state index in [4.69, 9.17) is 10.8 Å². The zero-order valence-electron chi connectivity index (χ0n) is 9.74. The van der Waals surface area contributed by atoms with Crippen molar-refractivity contribution in [3.8, 4) is 0 Å². The quantitative estimate of drug-likeness (QED) is 0.669. The number of nitrogens with zero attached hydrogens (tertiary/aromatic N) is 1. The van der Waals surface area contributed by atoms with Gasteiger partial charge in [-0.25, -0.2) is 0 Å². The van der Waals surface area contributed by atoms with Gasteiger partial charge in [-0.15, -0.1) is 0 Å². The highest BCUT2D eigenvalue weighted by Gasteiger charge is 2.31. The van der Waals surface area contributed by atoms with Crippen LogP contribution in [-0.4, -0.2) is 53.8 Å². The molecule has 1 aliphatic rings. The predicted octanol–water partition coefficient (Wildman–Crippen LogP) is 0.915. The third-order valence-electron chi connectivity index (χ3n) is 3.45. The average molecular weight is 232 g/mol. The van der Waals surface area contributed by atoms with Gasteiger partial charge in [0, 0.05) is 17.9 Å². The normalized spacial score (nSPS) is 21.8. The predicted molar refractivity (Wildman–Crippen MR) is 67.3 cm³/mol. The van der Waals surface area contributed by atoms with E-state index >= 15 is 0 Å². The molecule has 0 amide bonds. The van der Waals surface area contributed by atoms with Crippen molar-refractivity contribution in [2.24, 2.45) is 5.73 Å². The largest absolute Gasteiger partial charge is 0.396 e. The van der Waals surface area contributed by atoms with Crippen LogP contribution in [0.1, 0.15) is 25.7 Å². The lowest BCUT2D eigenvalue weighted by molar-refractivity contribution is 0.191. The van der Waals surface area contributed by atoms with Crippen molar-refractivity contribution in [3.05, 3.63) is 0 Å². The van der Waals surface area contributed by atoms with Gasteiger partial charge >= 0.3 is 0 Å². The molecule has 0 radical (unpaired) electrons. The van der Waals surface area contributed by atoms with Gasteiger partial charge in [0.15, 0.2) is 0 Å². The van der Waals surface area contributed by atoms with Gasteiger partial charge in [0.25, 0.3) is 0 Å². The molecule has 0 saturated carbocycles. The van der Waals surface area contributed by atoms with Gasteiger partial charge in [0.1, 0.15) is 0 Å². The van der Waals surface area contributed by atoms with E-state index in [0.29, 0.717) is 11.4 Å². The summed E-state index contributed by atoms with van der Waals surface area (Å²) in [6.45, 7) is 4.60. The van der Waals surface area contributed by atoms with E-state index in [-0.39, 0.29) is 0 Å². The highest BCUT2D eigenvalue weighted by Crippen LogP contribution is 2.33. The molecule has 1 rings (SSSR count). The lowest BCUT2D eigenvalue weighted by atomic mass is 9.95. The molecule has 1 saturated heterocycles. The number of hydrogen-bond donors (Lipinski definition) is 2. The van der Waals surface area contributed by atoms with Crippen LogP contribution in [0.2, 0.25) is 0 Å². The Labute approximate surface area is 97.4 Å². The summed E-state index contributed by atoms with van der Waals surface area (Å²) in [5.41, 5.74) is 5.84. The Bertz CT molecular complexity index is 164. The number of thioether (sulfide) groups is 1. The van der Waals surface area contributed by atoms with Gasteiger partial charge < -0.3 is 15.7 Å². The van der Waals surface area contributed by atoms with Crippen LogP contribution in [0.5, 0.6) is 0 Å². The molecule has 1 fully saturated rings. The van der Waals surface area contributed by atoms with Crippen LogP contribution in [0.15, 0.2) is 0 Å². The van der Waals surface area contributed by atoms with Crippen molar-refractivity contribution in [1.29, 1.82) is 0 Å². The first kappa shape index (κ1) is 13.3. The average Bonchev–Trinajstić information content (AvgIpc) is 2.31. The van der Waals surface area contributed by atoms with Gasteiger partial charge in [-0.05, 0) is 51.6 Å². The number of aliphatic hydroxyl groups is 1. The van der Waals surface area contributed by atoms with Crippen LogP contribution in [-0.2, 0) is 0 Å². The van der Waals surface area contributed by atoms with E-state index in [9.17, 15) is 0 Å². The summed E-state index contributed by atoms with van der Waals surface area (Å²) < 4.78 is 0.341. The maximum atomic E-state index is 8.72. The summed E-state index contributed by atoms with van der Waals surface area (Å²) in [5, 5.41) is 8.72. The van der Waals surface area contributed by atoms with E-state index in [2.05, 4.69) is 11.2 Å². The number of rotatable bonds is 6. The molecular weight excluding hydrogens is 208 g/mol. The summed E-state index contributed by atoms with van der Waals surface area (Å²) in [6, 6.07) is 0. The Kier molecular flexibility index (Phi) is 5.97. The van der Waals surface area contributed by atoms with Gasteiger partial charge in [-0.1, -0.05) is 0 Å². The second-order valence-corrected chi connectivity index (χ2v) is 5.64. The number of piperidine rings is 1. The van der Waals surface area contributed by atoms with E-state index in [1.165, 1.54) is 25.9 Å². The molecule has 0 aliphatic carbocycles. The van der Waals surface area contributed by atoms with Crippen LogP contribution in [0, 0.1) is 0 Å². The van der Waals surface area contributed by atoms with Gasteiger partial charge in [0.05, 0.1) is 0 Å². The minimum absolute atomic E-state index is 0.325. The summed E-state index contributed by atoms with van der Waals surface area (Å²) in [4.78, 5) is 2.50. The van der Waals surface area contributed by atoms with Crippen LogP contribution in [0.3, 0.4) is 0 Å². The zero-order chi connectivity index (χ0) is 11.1. The first-order valence-electron chi connectivity index (χ1n) is 5.85. The minimum Gasteiger partial charge on any atom is -0.396 e. The van der Waals surface area contributed by atoms with Crippen LogP contribution >= 0.6 is 11.8 Å². The highest BCUT2D eigenvalue weighted by atomic mass is 32.2. The molecule has 3 N–H and O–H groups in total. The minimum atomic E-state index is 0.325. The Morgan fingerprint density at radius 3 is 2.47 bits per heavy atom. The molecule has 0 bridgehead atoms. The monoisotopic (exact) mass is 232 g/mol. The third-order valence-corrected chi connectivity index (χ3v) is 4.90. The van der Waals surface area contributed by atoms with Gasteiger partial charge in [0.2, 0.25) is 0 Å². The van der Waals surface area contributed by atoms with Crippen molar-refractivity contribution in [2.45, 2.75) is 30.4 Å². The Hall–Kier alpha value is 0.230. The van der Waals surface area contributed by atoms with Gasteiger partial charge in [-0.2, -0.15) is 11.8 Å². The number of unbranched alkanes of at least 4 members (excludes halogenated alkanes) is 1. The SMILES string of the molecule is CSC1(CN)CCN(CCCCO)CC1. The fourth-order valence-electron chi connectivity index (χ4n) is 2.12. The van der Waals surface area contributed by atoms with Crippen LogP contribution in [0.4, 0.5) is 0 Å². The molecule has 0 aromatic rings. The molecule has 0 aromatic heterocycles. The first-order chi connectivity index (χ1) is 7.26. The Balaban J connectivity index is 2.22. The first-order valence-corrected chi connectivity index (χ1v) is 7.07. The lowest BCUT2D eigenvalue weighted by Gasteiger charge is -2.40. The Morgan fingerprint density at radius 2 is 2.00 bits per heavy atom. The van der Waals surface area contributed by atoms with Crippen molar-refractivity contribution >= 4 is 11.8 Å². The molecule has 0 unspecified atom stereocenters. The van der Waals surface area contributed by atoms with E-state index < -0.39 is 0 Å². The molecular formula is C11H24N2OS. The lowest BCUT2D eigenvalue weighted by Crippen LogP contribution is -2.46. The van der Waals surface area contributed by atoms with E-state index in [0.717, 1.165) is 25.9 Å². The summed E-state index contributed by atoms with van der Waals surface area (Å²) in [7, 11) is 0. The van der Waals surface area contributed by atoms with Crippen molar-refractivity contribution in [1.82, 2.24) is 4.90 Å². The van der Waals surface area contributed by atoms with Crippen molar-refractivity contribution in [2.75, 3.05) is 39.0 Å². The Morgan fingerprint density at radius 1 is 1.33 bits per heavy atom. The summed E-state index contributed by atoms with van der Waals surface area (Å²) >= 11 is 1.93. The molecule has 1 aliphatic heterocycles. The van der Waals surface area contributed by atoms with E-state index in [1.807, 2.05) is 11.8 Å². The number of aliphatic hydroxyl groups excluding tert-OH is 1. The number of likely N-dealkylation sites (tertiary alicyclic amines) is 1. The van der Waals surface area contributed by atoms with Crippen molar-refractivity contribution in [3.63, 3.8) is 0 Å². The fourth-order valence-corrected chi connectivity index (χ4v) is 2.88. The standard InChI is InChI=1S/C11H24N2OS/c1-15-11(10-12)4-7-13(8-5-11)6-2-3-9-14/h14H,2-10,12H2,1H3. The maximum Gasteiger partial charge on any atom is 0.0431 e. The molecule has 0 atom stereocenters. The maximum absolute atomic E-state index is 8.72. The molecule has 3 nitrogen and oxygen atoms in total. The zero-order valence-corrected chi connectivity index (χ0v) is 10.6. The molecule has 0 aromatic carbocycles. The van der Waals surface area contributed by atoms with Crippen LogP contribution in [0.25, 0.3) is 0 Å². The molecule has 15 heavy (non-hydrogen) atoms. The van der Waals surface area contributed by atoms with E-state index in [1.54, 1.807) is 0 Å². The number of nitrogens with two attached hydrogens (primary N) is 1. The summed E-state index contributed by atoms with van der Waals surface area (Å²) in [5.74, 6) is 0. The second kappa shape index (κ2) is 6.74. The van der Waals surface area contributed by atoms with Crippen LogP contribution < -0.4 is 5.73 Å². The number of hydrogen-bond acceptors (Lipinski definition) is 4. The topological polar surface area (TPSA) is 49.5 Å². The van der Waals surface area contributed by atoms with Gasteiger partial charge in [-0.3, -0.25) is 0 Å². The van der Waals surface area contributed by atoms with Crippen molar-refractivity contribution < 1.29 is 5.11 Å². The molecule has 4 heteroatoms.